The largest absolute Gasteiger partial charge is 0.422 e. The molecule has 0 aromatic carbocycles. The number of hydrogen-bond donors (Lipinski definition) is 3. The summed E-state index contributed by atoms with van der Waals surface area (Å²) in [6, 6.07) is 1.86. The zero-order valence-electron chi connectivity index (χ0n) is 15.6. The monoisotopic (exact) mass is 407 g/mol. The van der Waals surface area contributed by atoms with Gasteiger partial charge < -0.3 is 15.7 Å². The number of nitrogens with one attached hydrogen (secondary N) is 2. The summed E-state index contributed by atoms with van der Waals surface area (Å²) in [4.78, 5) is 16.6. The smallest absolute Gasteiger partial charge is 0.375 e. The summed E-state index contributed by atoms with van der Waals surface area (Å²) in [5, 5.41) is 16.5. The van der Waals surface area contributed by atoms with Crippen molar-refractivity contribution in [2.75, 3.05) is 18.4 Å². The zero-order chi connectivity index (χ0) is 20.6. The van der Waals surface area contributed by atoms with Crippen molar-refractivity contribution in [3.63, 3.8) is 0 Å². The van der Waals surface area contributed by atoms with Crippen molar-refractivity contribution < 1.29 is 18.3 Å². The Bertz CT molecular complexity index is 1010. The number of anilines is 1. The van der Waals surface area contributed by atoms with Crippen LogP contribution in [0.15, 0.2) is 30.9 Å². The fourth-order valence-corrected chi connectivity index (χ4v) is 3.20. The van der Waals surface area contributed by atoms with Crippen LogP contribution < -0.4 is 10.6 Å². The van der Waals surface area contributed by atoms with Crippen LogP contribution in [0.1, 0.15) is 25.5 Å². The third kappa shape index (κ3) is 3.75. The molecule has 1 saturated heterocycles. The lowest BCUT2D eigenvalue weighted by Crippen LogP contribution is -2.40. The van der Waals surface area contributed by atoms with Crippen LogP contribution in [0.3, 0.4) is 0 Å². The Morgan fingerprint density at radius 1 is 1.24 bits per heavy atom. The molecule has 0 aliphatic carbocycles. The van der Waals surface area contributed by atoms with E-state index in [-0.39, 0.29) is 6.04 Å². The Morgan fingerprint density at radius 3 is 2.79 bits per heavy atom. The average molecular weight is 407 g/mol. The van der Waals surface area contributed by atoms with E-state index in [9.17, 15) is 18.3 Å². The number of rotatable bonds is 4. The molecule has 0 radical (unpaired) electrons. The summed E-state index contributed by atoms with van der Waals surface area (Å²) in [5.74, 6) is 0.433. The number of alkyl halides is 3. The number of halogens is 3. The second-order valence-corrected chi connectivity index (χ2v) is 7.17. The zero-order valence-corrected chi connectivity index (χ0v) is 15.6. The number of fused-ring (bicyclic) bond motifs is 1. The SMILES string of the molecule is C[C@](O)(c1cn2c(-c3ccnc(N[C@@H]4CCCNC4)n3)cnc2cn1)C(F)(F)F. The van der Waals surface area contributed by atoms with E-state index >= 15 is 0 Å². The normalized spacial score (nSPS) is 19.8. The predicted molar refractivity (Wildman–Crippen MR) is 99.2 cm³/mol. The number of imidazole rings is 1. The fourth-order valence-electron chi connectivity index (χ4n) is 3.20. The van der Waals surface area contributed by atoms with E-state index in [4.69, 9.17) is 0 Å². The minimum absolute atomic E-state index is 0.207. The molecule has 2 atom stereocenters. The van der Waals surface area contributed by atoms with Gasteiger partial charge in [0.1, 0.15) is 0 Å². The number of nitrogens with zero attached hydrogens (tertiary/aromatic N) is 5. The van der Waals surface area contributed by atoms with Gasteiger partial charge in [-0.15, -0.1) is 0 Å². The summed E-state index contributed by atoms with van der Waals surface area (Å²) in [6.45, 7) is 2.46. The molecule has 8 nitrogen and oxygen atoms in total. The van der Waals surface area contributed by atoms with E-state index < -0.39 is 17.5 Å². The van der Waals surface area contributed by atoms with Gasteiger partial charge in [-0.1, -0.05) is 0 Å². The first-order valence-corrected chi connectivity index (χ1v) is 9.19. The molecule has 0 unspecified atom stereocenters. The molecule has 29 heavy (non-hydrogen) atoms. The van der Waals surface area contributed by atoms with E-state index in [1.807, 2.05) is 0 Å². The molecule has 1 aliphatic rings. The van der Waals surface area contributed by atoms with Gasteiger partial charge in [0, 0.05) is 25.0 Å². The highest BCUT2D eigenvalue weighted by Gasteiger charge is 2.52. The minimum Gasteiger partial charge on any atom is -0.375 e. The Labute approximate surface area is 164 Å². The van der Waals surface area contributed by atoms with E-state index in [1.165, 1.54) is 16.8 Å². The summed E-state index contributed by atoms with van der Waals surface area (Å²) >= 11 is 0. The molecule has 3 aromatic rings. The summed E-state index contributed by atoms with van der Waals surface area (Å²) in [5.41, 5.74) is -2.32. The summed E-state index contributed by atoms with van der Waals surface area (Å²) in [6.07, 6.45) is 2.58. The average Bonchev–Trinajstić information content (AvgIpc) is 3.11. The fraction of sp³-hybridized carbons (Fsp3) is 0.444. The predicted octanol–water partition coefficient (Wildman–Crippen LogP) is 2.12. The van der Waals surface area contributed by atoms with Crippen molar-refractivity contribution >= 4 is 11.6 Å². The number of aromatic nitrogens is 5. The van der Waals surface area contributed by atoms with E-state index in [1.54, 1.807) is 12.3 Å². The molecule has 0 amide bonds. The maximum atomic E-state index is 13.2. The van der Waals surface area contributed by atoms with Gasteiger partial charge in [-0.2, -0.15) is 13.2 Å². The molecular weight excluding hydrogens is 387 g/mol. The van der Waals surface area contributed by atoms with Crippen LogP contribution in [0.2, 0.25) is 0 Å². The Kier molecular flexibility index (Phi) is 4.87. The molecule has 154 valence electrons. The van der Waals surface area contributed by atoms with Crippen LogP contribution in [0.5, 0.6) is 0 Å². The van der Waals surface area contributed by atoms with Gasteiger partial charge in [0.2, 0.25) is 11.5 Å². The molecule has 0 bridgehead atoms. The molecule has 1 fully saturated rings. The lowest BCUT2D eigenvalue weighted by molar-refractivity contribution is -0.260. The topological polar surface area (TPSA) is 100 Å². The van der Waals surface area contributed by atoms with Crippen molar-refractivity contribution in [1.82, 2.24) is 29.7 Å². The first-order valence-electron chi connectivity index (χ1n) is 9.19. The van der Waals surface area contributed by atoms with Gasteiger partial charge in [0.25, 0.3) is 0 Å². The van der Waals surface area contributed by atoms with E-state index in [2.05, 4.69) is 30.6 Å². The third-order valence-electron chi connectivity index (χ3n) is 4.99. The van der Waals surface area contributed by atoms with Crippen molar-refractivity contribution in [3.8, 4) is 11.4 Å². The van der Waals surface area contributed by atoms with Crippen molar-refractivity contribution in [2.45, 2.75) is 37.6 Å². The second-order valence-electron chi connectivity index (χ2n) is 7.17. The van der Waals surface area contributed by atoms with Crippen LogP contribution in [0, 0.1) is 0 Å². The Hall–Kier alpha value is -2.79. The van der Waals surface area contributed by atoms with Crippen molar-refractivity contribution in [1.29, 1.82) is 0 Å². The quantitative estimate of drug-likeness (QED) is 0.609. The molecule has 4 heterocycles. The molecule has 3 aromatic heterocycles. The van der Waals surface area contributed by atoms with Crippen LogP contribution >= 0.6 is 0 Å². The molecule has 1 aliphatic heterocycles. The molecule has 0 saturated carbocycles. The highest BCUT2D eigenvalue weighted by molar-refractivity contribution is 5.60. The number of aliphatic hydroxyl groups is 1. The molecular formula is C18H20F3N7O. The standard InChI is InChI=1S/C18H20F3N7O/c1-17(29,18(19,20)21)14-10-28-13(8-25-15(28)9-24-14)12-4-6-23-16(27-12)26-11-3-2-5-22-7-11/h4,6,8-11,22,29H,2-3,5,7H2,1H3,(H,23,26,27)/t11-,17+/m1/s1. The third-order valence-corrected chi connectivity index (χ3v) is 4.99. The van der Waals surface area contributed by atoms with Crippen LogP contribution in [0.25, 0.3) is 17.0 Å². The highest BCUT2D eigenvalue weighted by Crippen LogP contribution is 2.37. The maximum absolute atomic E-state index is 13.2. The summed E-state index contributed by atoms with van der Waals surface area (Å²) in [7, 11) is 0. The van der Waals surface area contributed by atoms with Crippen LogP contribution in [-0.4, -0.2) is 54.8 Å². The first kappa shape index (κ1) is 19.5. The van der Waals surface area contributed by atoms with E-state index in [0.29, 0.717) is 29.9 Å². The van der Waals surface area contributed by atoms with Crippen molar-refractivity contribution in [3.05, 3.63) is 36.5 Å². The van der Waals surface area contributed by atoms with Gasteiger partial charge in [-0.3, -0.25) is 9.38 Å². The highest BCUT2D eigenvalue weighted by atomic mass is 19.4. The van der Waals surface area contributed by atoms with Gasteiger partial charge in [-0.25, -0.2) is 15.0 Å². The van der Waals surface area contributed by atoms with Crippen molar-refractivity contribution in [2.24, 2.45) is 0 Å². The van der Waals surface area contributed by atoms with E-state index in [0.717, 1.165) is 32.1 Å². The van der Waals surface area contributed by atoms with Gasteiger partial charge in [-0.05, 0) is 32.4 Å². The van der Waals surface area contributed by atoms with Gasteiger partial charge >= 0.3 is 6.18 Å². The summed E-state index contributed by atoms with van der Waals surface area (Å²) < 4.78 is 41.0. The maximum Gasteiger partial charge on any atom is 0.422 e. The van der Waals surface area contributed by atoms with Crippen LogP contribution in [0.4, 0.5) is 19.1 Å². The molecule has 11 heteroatoms. The van der Waals surface area contributed by atoms with Gasteiger partial charge in [0.15, 0.2) is 5.65 Å². The van der Waals surface area contributed by atoms with Crippen LogP contribution in [-0.2, 0) is 5.60 Å². The second kappa shape index (κ2) is 7.23. The lowest BCUT2D eigenvalue weighted by Gasteiger charge is -2.25. The Balaban J connectivity index is 1.69. The lowest BCUT2D eigenvalue weighted by atomic mass is 10.0. The first-order chi connectivity index (χ1) is 13.8. The Morgan fingerprint density at radius 2 is 2.07 bits per heavy atom. The number of hydrogen-bond acceptors (Lipinski definition) is 7. The molecule has 3 N–H and O–H groups in total. The molecule has 4 rings (SSSR count). The molecule has 0 spiro atoms. The minimum atomic E-state index is -4.87. The number of piperidine rings is 1. The van der Waals surface area contributed by atoms with Gasteiger partial charge in [0.05, 0.1) is 29.5 Å².